The smallest absolute Gasteiger partial charge is 0.263 e. The molecule has 0 aliphatic carbocycles. The number of nitro groups is 1. The Morgan fingerprint density at radius 1 is 1.00 bits per heavy atom. The molecule has 0 aliphatic heterocycles. The molecule has 0 radical (unpaired) electrons. The van der Waals surface area contributed by atoms with E-state index in [1.807, 2.05) is 0 Å². The summed E-state index contributed by atoms with van der Waals surface area (Å²) in [7, 11) is -4.11. The summed E-state index contributed by atoms with van der Waals surface area (Å²) in [5.41, 5.74) is 0.0725. The van der Waals surface area contributed by atoms with Crippen LogP contribution in [-0.2, 0) is 9.84 Å². The van der Waals surface area contributed by atoms with Gasteiger partial charge in [0.2, 0.25) is 0 Å². The van der Waals surface area contributed by atoms with Crippen LogP contribution in [0.15, 0.2) is 59.5 Å². The third kappa shape index (κ3) is 2.81. The van der Waals surface area contributed by atoms with Crippen LogP contribution in [0.4, 0.5) is 0 Å². The zero-order valence-corrected chi connectivity index (χ0v) is 11.7. The summed E-state index contributed by atoms with van der Waals surface area (Å²) >= 11 is 5.71. The molecular weight excluding hydrogens is 302 g/mol. The first-order valence-electron chi connectivity index (χ1n) is 5.61. The molecule has 0 aromatic heterocycles. The van der Waals surface area contributed by atoms with Gasteiger partial charge >= 0.3 is 5.37 Å². The van der Waals surface area contributed by atoms with Gasteiger partial charge in [-0.05, 0) is 36.4 Å². The lowest BCUT2D eigenvalue weighted by Gasteiger charge is -2.11. The highest BCUT2D eigenvalue weighted by Crippen LogP contribution is 2.29. The van der Waals surface area contributed by atoms with Crippen molar-refractivity contribution in [3.63, 3.8) is 0 Å². The van der Waals surface area contributed by atoms with Crippen LogP contribution in [0.5, 0.6) is 0 Å². The first-order valence-corrected chi connectivity index (χ1v) is 7.53. The minimum absolute atomic E-state index is 0.0725. The van der Waals surface area contributed by atoms with Gasteiger partial charge in [0.1, 0.15) is 0 Å². The predicted molar refractivity (Wildman–Crippen MR) is 74.8 cm³/mol. The Bertz CT molecular complexity index is 714. The number of hydrogen-bond donors (Lipinski definition) is 0. The molecule has 20 heavy (non-hydrogen) atoms. The fourth-order valence-corrected chi connectivity index (χ4v) is 3.44. The second kappa shape index (κ2) is 5.60. The van der Waals surface area contributed by atoms with E-state index < -0.39 is 20.1 Å². The Morgan fingerprint density at radius 3 is 2.05 bits per heavy atom. The summed E-state index contributed by atoms with van der Waals surface area (Å²) in [6, 6.07) is 12.9. The number of hydrogen-bond acceptors (Lipinski definition) is 4. The van der Waals surface area contributed by atoms with E-state index >= 15 is 0 Å². The van der Waals surface area contributed by atoms with Crippen molar-refractivity contribution in [3.8, 4) is 0 Å². The predicted octanol–water partition coefficient (Wildman–Crippen LogP) is 3.09. The molecule has 0 saturated carbocycles. The molecule has 7 heteroatoms. The molecule has 1 atom stereocenters. The topological polar surface area (TPSA) is 77.3 Å². The van der Waals surface area contributed by atoms with Crippen LogP contribution in [0.1, 0.15) is 10.9 Å². The Labute approximate surface area is 120 Å². The number of halogens is 1. The quantitative estimate of drug-likeness (QED) is 0.642. The average molecular weight is 312 g/mol. The Kier molecular flexibility index (Phi) is 4.06. The van der Waals surface area contributed by atoms with E-state index in [0.29, 0.717) is 5.02 Å². The van der Waals surface area contributed by atoms with Gasteiger partial charge in [0.05, 0.1) is 4.90 Å². The van der Waals surface area contributed by atoms with Gasteiger partial charge in [-0.1, -0.05) is 29.8 Å². The van der Waals surface area contributed by atoms with Gasteiger partial charge in [-0.2, -0.15) is 0 Å². The molecular formula is C13H10ClNO4S. The van der Waals surface area contributed by atoms with Crippen molar-refractivity contribution in [1.82, 2.24) is 0 Å². The largest absolute Gasteiger partial charge is 0.339 e. The molecule has 0 aliphatic rings. The number of sulfone groups is 1. The zero-order chi connectivity index (χ0) is 14.8. The second-order valence-electron chi connectivity index (χ2n) is 4.05. The zero-order valence-electron chi connectivity index (χ0n) is 10.1. The fraction of sp³-hybridized carbons (Fsp3) is 0.0769. The molecule has 5 nitrogen and oxygen atoms in total. The molecule has 0 saturated heterocycles. The maximum absolute atomic E-state index is 12.4. The van der Waals surface area contributed by atoms with Gasteiger partial charge in [0.15, 0.2) is 0 Å². The van der Waals surface area contributed by atoms with Crippen LogP contribution in [0.2, 0.25) is 5.02 Å². The van der Waals surface area contributed by atoms with Gasteiger partial charge in [0.25, 0.3) is 9.84 Å². The number of rotatable bonds is 4. The maximum Gasteiger partial charge on any atom is 0.339 e. The molecule has 1 unspecified atom stereocenters. The molecule has 2 rings (SSSR count). The summed E-state index contributed by atoms with van der Waals surface area (Å²) in [5.74, 6) is 0. The lowest BCUT2D eigenvalue weighted by molar-refractivity contribution is -0.502. The van der Waals surface area contributed by atoms with Crippen molar-refractivity contribution < 1.29 is 13.3 Å². The van der Waals surface area contributed by atoms with Crippen LogP contribution in [0, 0.1) is 10.1 Å². The summed E-state index contributed by atoms with van der Waals surface area (Å²) < 4.78 is 24.8. The molecule has 0 N–H and O–H groups in total. The second-order valence-corrected chi connectivity index (χ2v) is 6.49. The van der Waals surface area contributed by atoms with Gasteiger partial charge in [-0.3, -0.25) is 10.1 Å². The van der Waals surface area contributed by atoms with Crippen LogP contribution >= 0.6 is 11.6 Å². The lowest BCUT2D eigenvalue weighted by atomic mass is 10.2. The monoisotopic (exact) mass is 311 g/mol. The van der Waals surface area contributed by atoms with Crippen molar-refractivity contribution in [3.05, 3.63) is 75.3 Å². The van der Waals surface area contributed by atoms with Crippen molar-refractivity contribution in [2.75, 3.05) is 0 Å². The van der Waals surface area contributed by atoms with Crippen molar-refractivity contribution >= 4 is 21.4 Å². The Balaban J connectivity index is 2.54. The van der Waals surface area contributed by atoms with Crippen molar-refractivity contribution in [2.45, 2.75) is 10.3 Å². The molecule has 0 heterocycles. The van der Waals surface area contributed by atoms with Crippen LogP contribution in [0.3, 0.4) is 0 Å². The summed E-state index contributed by atoms with van der Waals surface area (Å²) in [5, 5.41) is 9.74. The van der Waals surface area contributed by atoms with Gasteiger partial charge in [0, 0.05) is 15.5 Å². The minimum Gasteiger partial charge on any atom is -0.263 e. The first-order chi connectivity index (χ1) is 9.43. The molecule has 0 spiro atoms. The highest BCUT2D eigenvalue weighted by molar-refractivity contribution is 7.91. The van der Waals surface area contributed by atoms with E-state index in [1.54, 1.807) is 6.07 Å². The highest BCUT2D eigenvalue weighted by atomic mass is 35.5. The standard InChI is InChI=1S/C13H10ClNO4S/c14-11-8-6-10(7-9-11)13(15(16)17)20(18,19)12-4-2-1-3-5-12/h1-9,13H. The van der Waals surface area contributed by atoms with Gasteiger partial charge in [-0.15, -0.1) is 0 Å². The van der Waals surface area contributed by atoms with Crippen molar-refractivity contribution in [1.29, 1.82) is 0 Å². The summed E-state index contributed by atoms with van der Waals surface area (Å²) in [6.07, 6.45) is 0. The molecule has 0 bridgehead atoms. The van der Waals surface area contributed by atoms with E-state index in [2.05, 4.69) is 0 Å². The maximum atomic E-state index is 12.4. The number of nitrogens with zero attached hydrogens (tertiary/aromatic N) is 1. The molecule has 2 aromatic carbocycles. The Hall–Kier alpha value is -1.92. The molecule has 0 fully saturated rings. The fourth-order valence-electron chi connectivity index (χ4n) is 1.78. The highest BCUT2D eigenvalue weighted by Gasteiger charge is 2.39. The van der Waals surface area contributed by atoms with E-state index in [9.17, 15) is 18.5 Å². The normalized spacial score (nSPS) is 12.8. The van der Waals surface area contributed by atoms with Gasteiger partial charge in [-0.25, -0.2) is 8.42 Å². The van der Waals surface area contributed by atoms with E-state index in [4.69, 9.17) is 11.6 Å². The van der Waals surface area contributed by atoms with Gasteiger partial charge < -0.3 is 0 Å². The minimum atomic E-state index is -4.11. The SMILES string of the molecule is O=[N+]([O-])C(c1ccc(Cl)cc1)S(=O)(=O)c1ccccc1. The summed E-state index contributed by atoms with van der Waals surface area (Å²) in [6.45, 7) is 0. The van der Waals surface area contributed by atoms with E-state index in [1.165, 1.54) is 48.5 Å². The molecule has 2 aromatic rings. The molecule has 104 valence electrons. The van der Waals surface area contributed by atoms with Crippen molar-refractivity contribution in [2.24, 2.45) is 0 Å². The summed E-state index contributed by atoms with van der Waals surface area (Å²) in [4.78, 5) is 10.3. The van der Waals surface area contributed by atoms with E-state index in [-0.39, 0.29) is 10.5 Å². The van der Waals surface area contributed by atoms with E-state index in [0.717, 1.165) is 0 Å². The third-order valence-electron chi connectivity index (χ3n) is 2.71. The average Bonchev–Trinajstić information content (AvgIpc) is 2.41. The van der Waals surface area contributed by atoms with Crippen LogP contribution in [-0.4, -0.2) is 13.3 Å². The van der Waals surface area contributed by atoms with Crippen LogP contribution < -0.4 is 0 Å². The lowest BCUT2D eigenvalue weighted by Crippen LogP contribution is -2.21. The first kappa shape index (κ1) is 14.5. The Morgan fingerprint density at radius 2 is 1.55 bits per heavy atom. The number of benzene rings is 2. The van der Waals surface area contributed by atoms with Crippen LogP contribution in [0.25, 0.3) is 0 Å². The molecule has 0 amide bonds. The third-order valence-corrected chi connectivity index (χ3v) is 4.93.